The molecule has 0 saturated carbocycles. The largest absolute Gasteiger partial charge is 0.308 e. The molecule has 0 aromatic rings. The van der Waals surface area contributed by atoms with Gasteiger partial charge in [-0.1, -0.05) is 6.08 Å². The molecule has 3 N–H and O–H groups in total. The van der Waals surface area contributed by atoms with Crippen LogP contribution in [-0.2, 0) is 9.84 Å². The van der Waals surface area contributed by atoms with Crippen LogP contribution in [0.25, 0.3) is 0 Å². The molecule has 1 saturated heterocycles. The predicted octanol–water partition coefficient (Wildman–Crippen LogP) is 0.132. The minimum absolute atomic E-state index is 0.119. The van der Waals surface area contributed by atoms with Gasteiger partial charge in [0.25, 0.3) is 0 Å². The van der Waals surface area contributed by atoms with Crippen LogP contribution in [0, 0.1) is 0 Å². The standard InChI is InChI=1S/C15H26N4O2S2/c1-23(20,21)15-5-4-11(7-18-15)13-9-16-10-14(19-13)17-8-12-3-2-6-22-12/h4,12,14-18H,2-3,5-10H2,1H3. The zero-order valence-corrected chi connectivity index (χ0v) is 15.2. The molecule has 3 aliphatic rings. The molecule has 0 aromatic heterocycles. The SMILES string of the molecule is CS(=O)(=O)C1CC=C(C2=NC(NCC3CCCS3)CNC2)CN1. The van der Waals surface area contributed by atoms with Gasteiger partial charge in [-0.3, -0.25) is 15.6 Å². The molecule has 0 amide bonds. The van der Waals surface area contributed by atoms with Gasteiger partial charge in [0.2, 0.25) is 0 Å². The summed E-state index contributed by atoms with van der Waals surface area (Å²) in [6.07, 6.45) is 6.57. The van der Waals surface area contributed by atoms with E-state index in [4.69, 9.17) is 4.99 Å². The van der Waals surface area contributed by atoms with Crippen molar-refractivity contribution in [2.45, 2.75) is 36.1 Å². The Labute approximate surface area is 142 Å². The molecule has 0 aromatic carbocycles. The van der Waals surface area contributed by atoms with E-state index < -0.39 is 15.2 Å². The second-order valence-corrected chi connectivity index (χ2v) is 10.1. The lowest BCUT2D eigenvalue weighted by atomic mass is 10.0. The van der Waals surface area contributed by atoms with Crippen LogP contribution in [0.3, 0.4) is 0 Å². The Morgan fingerprint density at radius 1 is 1.43 bits per heavy atom. The summed E-state index contributed by atoms with van der Waals surface area (Å²) in [5.41, 5.74) is 2.17. The summed E-state index contributed by atoms with van der Waals surface area (Å²) in [4.78, 5) is 4.83. The van der Waals surface area contributed by atoms with Crippen LogP contribution < -0.4 is 16.0 Å². The predicted molar refractivity (Wildman–Crippen MR) is 96.9 cm³/mol. The first-order valence-corrected chi connectivity index (χ1v) is 11.3. The van der Waals surface area contributed by atoms with E-state index in [1.165, 1.54) is 24.9 Å². The Morgan fingerprint density at radius 2 is 2.30 bits per heavy atom. The van der Waals surface area contributed by atoms with Crippen molar-refractivity contribution in [3.8, 4) is 0 Å². The van der Waals surface area contributed by atoms with Crippen molar-refractivity contribution < 1.29 is 8.42 Å². The highest BCUT2D eigenvalue weighted by Crippen LogP contribution is 2.25. The fourth-order valence-corrected chi connectivity index (χ4v) is 5.21. The molecule has 1 fully saturated rings. The van der Waals surface area contributed by atoms with Gasteiger partial charge < -0.3 is 5.32 Å². The summed E-state index contributed by atoms with van der Waals surface area (Å²) in [6.45, 7) is 3.20. The normalized spacial score (nSPS) is 32.5. The molecule has 3 unspecified atom stereocenters. The number of thioether (sulfide) groups is 1. The smallest absolute Gasteiger partial charge is 0.163 e. The summed E-state index contributed by atoms with van der Waals surface area (Å²) in [5, 5.41) is 10.3. The van der Waals surface area contributed by atoms with E-state index in [9.17, 15) is 8.42 Å². The van der Waals surface area contributed by atoms with Crippen LogP contribution in [0.5, 0.6) is 0 Å². The first-order chi connectivity index (χ1) is 11.0. The van der Waals surface area contributed by atoms with Crippen molar-refractivity contribution >= 4 is 27.3 Å². The molecule has 6 nitrogen and oxygen atoms in total. The van der Waals surface area contributed by atoms with E-state index in [-0.39, 0.29) is 6.17 Å². The second kappa shape index (κ2) is 7.65. The van der Waals surface area contributed by atoms with Crippen molar-refractivity contribution in [1.29, 1.82) is 0 Å². The van der Waals surface area contributed by atoms with Crippen LogP contribution in [0.2, 0.25) is 0 Å². The molecule has 3 rings (SSSR count). The van der Waals surface area contributed by atoms with Crippen molar-refractivity contribution in [2.75, 3.05) is 38.2 Å². The molecule has 0 radical (unpaired) electrons. The summed E-state index contributed by atoms with van der Waals surface area (Å²) in [5.74, 6) is 1.28. The number of rotatable bonds is 5. The zero-order chi connectivity index (χ0) is 16.3. The molecule has 8 heteroatoms. The van der Waals surface area contributed by atoms with E-state index in [0.29, 0.717) is 13.0 Å². The molecular formula is C15H26N4O2S2. The Hall–Kier alpha value is -0.410. The van der Waals surface area contributed by atoms with Crippen LogP contribution in [0.1, 0.15) is 19.3 Å². The minimum Gasteiger partial charge on any atom is -0.308 e. The maximum atomic E-state index is 11.6. The molecule has 3 heterocycles. The molecular weight excluding hydrogens is 332 g/mol. The quantitative estimate of drug-likeness (QED) is 0.648. The lowest BCUT2D eigenvalue weighted by molar-refractivity contribution is 0.480. The Kier molecular flexibility index (Phi) is 5.79. The monoisotopic (exact) mass is 358 g/mol. The highest BCUT2D eigenvalue weighted by molar-refractivity contribution is 8.00. The van der Waals surface area contributed by atoms with Gasteiger partial charge in [0.05, 0.1) is 5.71 Å². The summed E-state index contributed by atoms with van der Waals surface area (Å²) < 4.78 is 23.2. The zero-order valence-electron chi connectivity index (χ0n) is 13.5. The summed E-state index contributed by atoms with van der Waals surface area (Å²) in [6, 6.07) is 0. The Bertz CT molecular complexity index is 582. The maximum absolute atomic E-state index is 11.6. The topological polar surface area (TPSA) is 82.6 Å². The molecule has 3 atom stereocenters. The molecule has 130 valence electrons. The van der Waals surface area contributed by atoms with Gasteiger partial charge in [-0.2, -0.15) is 11.8 Å². The van der Waals surface area contributed by atoms with E-state index in [1.54, 1.807) is 0 Å². The molecule has 23 heavy (non-hydrogen) atoms. The van der Waals surface area contributed by atoms with E-state index in [0.717, 1.165) is 36.2 Å². The highest BCUT2D eigenvalue weighted by atomic mass is 32.2. The summed E-state index contributed by atoms with van der Waals surface area (Å²) in [7, 11) is -3.03. The van der Waals surface area contributed by atoms with E-state index in [1.807, 2.05) is 6.08 Å². The first kappa shape index (κ1) is 17.4. The average molecular weight is 359 g/mol. The fraction of sp³-hybridized carbons (Fsp3) is 0.800. The lowest BCUT2D eigenvalue weighted by Crippen LogP contribution is -2.48. The van der Waals surface area contributed by atoms with Gasteiger partial charge in [0, 0.05) is 37.7 Å². The average Bonchev–Trinajstić information content (AvgIpc) is 3.06. The summed E-state index contributed by atoms with van der Waals surface area (Å²) >= 11 is 2.05. The van der Waals surface area contributed by atoms with Crippen molar-refractivity contribution in [3.05, 3.63) is 11.6 Å². The van der Waals surface area contributed by atoms with Gasteiger partial charge in [0.1, 0.15) is 11.5 Å². The van der Waals surface area contributed by atoms with Crippen molar-refractivity contribution in [3.63, 3.8) is 0 Å². The first-order valence-electron chi connectivity index (χ1n) is 8.26. The highest BCUT2D eigenvalue weighted by Gasteiger charge is 2.26. The van der Waals surface area contributed by atoms with Gasteiger partial charge in [-0.05, 0) is 30.6 Å². The number of hydrogen-bond acceptors (Lipinski definition) is 7. The van der Waals surface area contributed by atoms with Crippen LogP contribution in [0.15, 0.2) is 16.6 Å². The van der Waals surface area contributed by atoms with Crippen LogP contribution >= 0.6 is 11.8 Å². The van der Waals surface area contributed by atoms with Crippen molar-refractivity contribution in [2.24, 2.45) is 4.99 Å². The van der Waals surface area contributed by atoms with Gasteiger partial charge in [0.15, 0.2) is 9.84 Å². The fourth-order valence-electron chi connectivity index (χ4n) is 3.17. The Balaban J connectivity index is 1.57. The number of sulfone groups is 1. The molecule has 0 spiro atoms. The second-order valence-electron chi connectivity index (χ2n) is 6.43. The number of nitrogens with one attached hydrogen (secondary N) is 3. The van der Waals surface area contributed by atoms with E-state index >= 15 is 0 Å². The van der Waals surface area contributed by atoms with E-state index in [2.05, 4.69) is 27.7 Å². The number of hydrogen-bond donors (Lipinski definition) is 3. The van der Waals surface area contributed by atoms with Gasteiger partial charge in [-0.25, -0.2) is 8.42 Å². The maximum Gasteiger partial charge on any atom is 0.163 e. The minimum atomic E-state index is -3.03. The van der Waals surface area contributed by atoms with Gasteiger partial charge >= 0.3 is 0 Å². The molecule has 0 aliphatic carbocycles. The molecule has 0 bridgehead atoms. The van der Waals surface area contributed by atoms with Crippen LogP contribution in [-0.4, -0.2) is 69.1 Å². The van der Waals surface area contributed by atoms with Gasteiger partial charge in [-0.15, -0.1) is 0 Å². The van der Waals surface area contributed by atoms with Crippen LogP contribution in [0.4, 0.5) is 0 Å². The Morgan fingerprint density at radius 3 is 2.96 bits per heavy atom. The molecule has 3 aliphatic heterocycles. The lowest BCUT2D eigenvalue weighted by Gasteiger charge is -2.28. The number of nitrogens with zero attached hydrogens (tertiary/aromatic N) is 1. The number of aliphatic imine (C=N–C) groups is 1. The van der Waals surface area contributed by atoms with Crippen molar-refractivity contribution in [1.82, 2.24) is 16.0 Å². The third-order valence-electron chi connectivity index (χ3n) is 4.53. The third kappa shape index (κ3) is 4.79. The third-order valence-corrected chi connectivity index (χ3v) is 7.32.